The first kappa shape index (κ1) is 18.9. The number of hydrogen-bond acceptors (Lipinski definition) is 4. The summed E-state index contributed by atoms with van der Waals surface area (Å²) in [5.41, 5.74) is 6.12. The fourth-order valence-corrected chi connectivity index (χ4v) is 5.07. The lowest BCUT2D eigenvalue weighted by Gasteiger charge is -2.18. The Labute approximate surface area is 168 Å². The zero-order valence-corrected chi connectivity index (χ0v) is 16.3. The van der Waals surface area contributed by atoms with Gasteiger partial charge >= 0.3 is 0 Å². The first-order valence-electron chi connectivity index (χ1n) is 9.13. The van der Waals surface area contributed by atoms with Crippen molar-refractivity contribution in [2.45, 2.75) is 17.7 Å². The third kappa shape index (κ3) is 3.66. The fourth-order valence-electron chi connectivity index (χ4n) is 3.40. The van der Waals surface area contributed by atoms with E-state index in [1.165, 1.54) is 6.07 Å². The first-order valence-corrected chi connectivity index (χ1v) is 10.6. The van der Waals surface area contributed by atoms with Crippen LogP contribution in [0.4, 0.5) is 5.69 Å². The average Bonchev–Trinajstić information content (AvgIpc) is 2.95. The Morgan fingerprint density at radius 1 is 0.828 bits per heavy atom. The molecule has 0 radical (unpaired) electrons. The number of rotatable bonds is 5. The SMILES string of the molecule is O=C(CCc1ccccc1)NNC(=O)CN1c2cccc3cccc(c23)S1(=O)=O. The van der Waals surface area contributed by atoms with Gasteiger partial charge in [0, 0.05) is 11.8 Å². The van der Waals surface area contributed by atoms with Gasteiger partial charge in [-0.2, -0.15) is 0 Å². The Bertz CT molecular complexity index is 1190. The molecule has 0 unspecified atom stereocenters. The third-order valence-electron chi connectivity index (χ3n) is 4.79. The van der Waals surface area contributed by atoms with Gasteiger partial charge in [-0.05, 0) is 29.5 Å². The number of hydrogen-bond donors (Lipinski definition) is 2. The van der Waals surface area contributed by atoms with Crippen LogP contribution in [0.3, 0.4) is 0 Å². The van der Waals surface area contributed by atoms with Crippen LogP contribution in [0.25, 0.3) is 10.8 Å². The monoisotopic (exact) mass is 409 g/mol. The molecule has 0 bridgehead atoms. The van der Waals surface area contributed by atoms with Crippen molar-refractivity contribution in [3.63, 3.8) is 0 Å². The average molecular weight is 409 g/mol. The number of aryl methyl sites for hydroxylation is 1. The molecule has 148 valence electrons. The predicted molar refractivity (Wildman–Crippen MR) is 110 cm³/mol. The molecule has 1 heterocycles. The Kier molecular flexibility index (Phi) is 4.94. The van der Waals surface area contributed by atoms with Crippen LogP contribution in [0.2, 0.25) is 0 Å². The summed E-state index contributed by atoms with van der Waals surface area (Å²) in [5.74, 6) is -0.969. The van der Waals surface area contributed by atoms with Gasteiger partial charge in [-0.15, -0.1) is 0 Å². The van der Waals surface area contributed by atoms with E-state index >= 15 is 0 Å². The number of nitrogens with zero attached hydrogens (tertiary/aromatic N) is 1. The zero-order valence-electron chi connectivity index (χ0n) is 15.5. The smallest absolute Gasteiger partial charge is 0.265 e. The lowest BCUT2D eigenvalue weighted by molar-refractivity contribution is -0.128. The lowest BCUT2D eigenvalue weighted by atomic mass is 10.1. The molecule has 0 saturated heterocycles. The van der Waals surface area contributed by atoms with Crippen LogP contribution in [0.5, 0.6) is 0 Å². The standard InChI is InChI=1S/C21H19N3O4S/c25-19(13-12-15-6-2-1-3-7-15)22-23-20(26)14-24-17-10-4-8-16-9-5-11-18(21(16)17)29(24,27)28/h1-11H,12-14H2,(H,22,25)(H,23,26). The van der Waals surface area contributed by atoms with Gasteiger partial charge in [0.05, 0.1) is 10.6 Å². The van der Waals surface area contributed by atoms with Crippen molar-refractivity contribution in [2.75, 3.05) is 10.8 Å². The maximum atomic E-state index is 12.9. The van der Waals surface area contributed by atoms with Gasteiger partial charge in [0.15, 0.2) is 0 Å². The fraction of sp³-hybridized carbons (Fsp3) is 0.143. The van der Waals surface area contributed by atoms with Crippen LogP contribution in [-0.4, -0.2) is 26.8 Å². The van der Waals surface area contributed by atoms with Crippen molar-refractivity contribution in [1.29, 1.82) is 0 Å². The molecule has 0 fully saturated rings. The quantitative estimate of drug-likeness (QED) is 0.631. The second-order valence-electron chi connectivity index (χ2n) is 6.73. The highest BCUT2D eigenvalue weighted by Crippen LogP contribution is 2.41. The number of amides is 2. The Balaban J connectivity index is 1.39. The molecule has 2 amide bonds. The second-order valence-corrected chi connectivity index (χ2v) is 8.56. The number of benzene rings is 3. The largest absolute Gasteiger partial charge is 0.273 e. The molecule has 0 spiro atoms. The summed E-state index contributed by atoms with van der Waals surface area (Å²) in [6, 6.07) is 19.8. The van der Waals surface area contributed by atoms with Crippen molar-refractivity contribution >= 4 is 38.3 Å². The number of hydrazine groups is 1. The maximum absolute atomic E-state index is 12.9. The zero-order chi connectivity index (χ0) is 20.4. The van der Waals surface area contributed by atoms with Crippen molar-refractivity contribution < 1.29 is 18.0 Å². The van der Waals surface area contributed by atoms with Crippen LogP contribution in [0, 0.1) is 0 Å². The van der Waals surface area contributed by atoms with E-state index in [2.05, 4.69) is 10.9 Å². The molecule has 0 aromatic heterocycles. The molecular formula is C21H19N3O4S. The Hall–Kier alpha value is -3.39. The second kappa shape index (κ2) is 7.56. The minimum absolute atomic E-state index is 0.185. The van der Waals surface area contributed by atoms with Crippen molar-refractivity contribution in [1.82, 2.24) is 10.9 Å². The van der Waals surface area contributed by atoms with Gasteiger partial charge in [0.2, 0.25) is 5.91 Å². The van der Waals surface area contributed by atoms with Gasteiger partial charge in [-0.3, -0.25) is 24.7 Å². The van der Waals surface area contributed by atoms with E-state index < -0.39 is 22.5 Å². The van der Waals surface area contributed by atoms with E-state index in [4.69, 9.17) is 0 Å². The lowest BCUT2D eigenvalue weighted by Crippen LogP contribution is -2.47. The molecular weight excluding hydrogens is 390 g/mol. The highest BCUT2D eigenvalue weighted by molar-refractivity contribution is 7.93. The summed E-state index contributed by atoms with van der Waals surface area (Å²) >= 11 is 0. The molecule has 8 heteroatoms. The summed E-state index contributed by atoms with van der Waals surface area (Å²) in [7, 11) is -3.82. The van der Waals surface area contributed by atoms with Gasteiger partial charge in [-0.25, -0.2) is 8.42 Å². The van der Waals surface area contributed by atoms with Gasteiger partial charge < -0.3 is 0 Å². The molecule has 4 rings (SSSR count). The molecule has 3 aromatic rings. The first-order chi connectivity index (χ1) is 14.0. The van der Waals surface area contributed by atoms with Gasteiger partial charge in [0.25, 0.3) is 15.9 Å². The highest BCUT2D eigenvalue weighted by Gasteiger charge is 2.36. The molecule has 3 aromatic carbocycles. The Morgan fingerprint density at radius 3 is 2.28 bits per heavy atom. The number of sulfonamides is 1. The van der Waals surface area contributed by atoms with Crippen molar-refractivity contribution in [2.24, 2.45) is 0 Å². The number of carbonyl (C=O) groups excluding carboxylic acids is 2. The van der Waals surface area contributed by atoms with E-state index in [9.17, 15) is 18.0 Å². The molecule has 1 aliphatic rings. The molecule has 2 N–H and O–H groups in total. The molecule has 0 saturated carbocycles. The highest BCUT2D eigenvalue weighted by atomic mass is 32.2. The summed E-state index contributed by atoms with van der Waals surface area (Å²) < 4.78 is 26.8. The van der Waals surface area contributed by atoms with E-state index in [-0.39, 0.29) is 17.2 Å². The van der Waals surface area contributed by atoms with Gasteiger partial charge in [0.1, 0.15) is 6.54 Å². The summed E-state index contributed by atoms with van der Waals surface area (Å²) in [4.78, 5) is 24.4. The van der Waals surface area contributed by atoms with E-state index in [0.29, 0.717) is 17.5 Å². The molecule has 1 aliphatic heterocycles. The maximum Gasteiger partial charge on any atom is 0.265 e. The minimum Gasteiger partial charge on any atom is -0.273 e. The van der Waals surface area contributed by atoms with Crippen LogP contribution in [-0.2, 0) is 26.0 Å². The molecule has 0 atom stereocenters. The summed E-state index contributed by atoms with van der Waals surface area (Å²) in [5, 5.41) is 1.40. The van der Waals surface area contributed by atoms with E-state index in [1.807, 2.05) is 42.5 Å². The van der Waals surface area contributed by atoms with Crippen LogP contribution in [0.15, 0.2) is 71.6 Å². The molecule has 7 nitrogen and oxygen atoms in total. The number of anilines is 1. The third-order valence-corrected chi connectivity index (χ3v) is 6.60. The van der Waals surface area contributed by atoms with E-state index in [1.54, 1.807) is 18.2 Å². The van der Waals surface area contributed by atoms with E-state index in [0.717, 1.165) is 15.3 Å². The van der Waals surface area contributed by atoms with Crippen LogP contribution < -0.4 is 15.2 Å². The predicted octanol–water partition coefficient (Wildman–Crippen LogP) is 2.13. The van der Waals surface area contributed by atoms with Gasteiger partial charge in [-0.1, -0.05) is 54.6 Å². The molecule has 0 aliphatic carbocycles. The summed E-state index contributed by atoms with van der Waals surface area (Å²) in [6.45, 7) is -0.422. The topological polar surface area (TPSA) is 95.6 Å². The normalized spacial score (nSPS) is 14.0. The van der Waals surface area contributed by atoms with Crippen LogP contribution in [0.1, 0.15) is 12.0 Å². The van der Waals surface area contributed by atoms with Crippen molar-refractivity contribution in [3.05, 3.63) is 72.3 Å². The Morgan fingerprint density at radius 2 is 1.52 bits per heavy atom. The summed E-state index contributed by atoms with van der Waals surface area (Å²) in [6.07, 6.45) is 0.747. The number of nitrogens with one attached hydrogen (secondary N) is 2. The molecule has 29 heavy (non-hydrogen) atoms. The van der Waals surface area contributed by atoms with Crippen LogP contribution >= 0.6 is 0 Å². The van der Waals surface area contributed by atoms with Crippen molar-refractivity contribution in [3.8, 4) is 0 Å². The number of carbonyl (C=O) groups is 2. The minimum atomic E-state index is -3.82.